The van der Waals surface area contributed by atoms with Crippen LogP contribution in [0.1, 0.15) is 24.1 Å². The van der Waals surface area contributed by atoms with Crippen molar-refractivity contribution in [2.75, 3.05) is 32.8 Å². The lowest BCUT2D eigenvalue weighted by Gasteiger charge is -2.35. The summed E-state index contributed by atoms with van der Waals surface area (Å²) < 4.78 is 11.2. The summed E-state index contributed by atoms with van der Waals surface area (Å²) in [6.45, 7) is 7.44. The highest BCUT2D eigenvalue weighted by Crippen LogP contribution is 2.25. The highest BCUT2D eigenvalue weighted by atomic mass is 35.5. The first-order chi connectivity index (χ1) is 13.5. The van der Waals surface area contributed by atoms with Gasteiger partial charge in [0.25, 0.3) is 5.91 Å². The van der Waals surface area contributed by atoms with Gasteiger partial charge in [-0.05, 0) is 31.5 Å². The van der Waals surface area contributed by atoms with Gasteiger partial charge in [-0.25, -0.2) is 0 Å². The summed E-state index contributed by atoms with van der Waals surface area (Å²) in [5.74, 6) is 0.348. The lowest BCUT2D eigenvalue weighted by Crippen LogP contribution is -2.45. The molecule has 1 amide bonds. The first-order valence-corrected chi connectivity index (χ1v) is 9.99. The molecule has 1 aliphatic rings. The van der Waals surface area contributed by atoms with E-state index in [0.29, 0.717) is 30.5 Å². The van der Waals surface area contributed by atoms with Crippen LogP contribution in [-0.2, 0) is 9.53 Å². The van der Waals surface area contributed by atoms with Gasteiger partial charge in [0.15, 0.2) is 6.10 Å². The van der Waals surface area contributed by atoms with Crippen molar-refractivity contribution in [2.24, 2.45) is 0 Å². The Hall–Kier alpha value is -2.08. The third kappa shape index (κ3) is 5.47. The number of morpholine rings is 1. The zero-order valence-electron chi connectivity index (χ0n) is 16.4. The van der Waals surface area contributed by atoms with E-state index in [1.54, 1.807) is 19.1 Å². The van der Waals surface area contributed by atoms with Crippen molar-refractivity contribution >= 4 is 17.5 Å². The Morgan fingerprint density at radius 1 is 1.21 bits per heavy atom. The number of rotatable bonds is 7. The second kappa shape index (κ2) is 9.92. The summed E-state index contributed by atoms with van der Waals surface area (Å²) in [4.78, 5) is 15.0. The molecule has 6 heteroatoms. The van der Waals surface area contributed by atoms with Crippen LogP contribution in [0.15, 0.2) is 48.5 Å². The Labute approximate surface area is 171 Å². The molecule has 1 saturated heterocycles. The lowest BCUT2D eigenvalue weighted by molar-refractivity contribution is -0.127. The van der Waals surface area contributed by atoms with E-state index in [9.17, 15) is 4.79 Å². The van der Waals surface area contributed by atoms with Crippen molar-refractivity contribution in [1.29, 1.82) is 0 Å². The van der Waals surface area contributed by atoms with Gasteiger partial charge in [0.05, 0.1) is 24.3 Å². The molecule has 1 fully saturated rings. The van der Waals surface area contributed by atoms with Gasteiger partial charge in [0.1, 0.15) is 5.75 Å². The van der Waals surface area contributed by atoms with Gasteiger partial charge in [0.2, 0.25) is 0 Å². The molecule has 1 aliphatic heterocycles. The number of ether oxygens (including phenoxy) is 2. The summed E-state index contributed by atoms with van der Waals surface area (Å²) in [5.41, 5.74) is 2.40. The molecule has 2 atom stereocenters. The molecule has 2 aromatic rings. The molecular weight excluding hydrogens is 376 g/mol. The topological polar surface area (TPSA) is 50.8 Å². The maximum absolute atomic E-state index is 12.6. The third-order valence-corrected chi connectivity index (χ3v) is 5.20. The summed E-state index contributed by atoms with van der Waals surface area (Å²) in [6, 6.07) is 15.7. The van der Waals surface area contributed by atoms with Crippen molar-refractivity contribution in [3.8, 4) is 5.75 Å². The van der Waals surface area contributed by atoms with E-state index in [1.807, 2.05) is 12.1 Å². The Kier molecular flexibility index (Phi) is 7.31. The second-order valence-electron chi connectivity index (χ2n) is 7.01. The monoisotopic (exact) mass is 402 g/mol. The predicted molar refractivity (Wildman–Crippen MR) is 111 cm³/mol. The highest BCUT2D eigenvalue weighted by Gasteiger charge is 2.24. The number of nitrogens with one attached hydrogen (secondary N) is 1. The molecule has 0 saturated carbocycles. The molecule has 3 rings (SSSR count). The molecule has 0 aromatic heterocycles. The van der Waals surface area contributed by atoms with Crippen molar-refractivity contribution < 1.29 is 14.3 Å². The summed E-state index contributed by atoms with van der Waals surface area (Å²) in [6.07, 6.45) is -0.636. The quantitative estimate of drug-likeness (QED) is 0.768. The van der Waals surface area contributed by atoms with Gasteiger partial charge in [-0.3, -0.25) is 9.69 Å². The van der Waals surface area contributed by atoms with E-state index in [2.05, 4.69) is 41.4 Å². The fourth-order valence-corrected chi connectivity index (χ4v) is 3.53. The SMILES string of the molecule is Cc1cccc(C(CNC(=O)C(C)Oc2ccccc2Cl)N2CCOCC2)c1. The average Bonchev–Trinajstić information content (AvgIpc) is 2.70. The molecule has 150 valence electrons. The van der Waals surface area contributed by atoms with E-state index in [-0.39, 0.29) is 11.9 Å². The normalized spacial score (nSPS) is 17.0. The van der Waals surface area contributed by atoms with Gasteiger partial charge in [-0.15, -0.1) is 0 Å². The van der Waals surface area contributed by atoms with Gasteiger partial charge in [-0.2, -0.15) is 0 Å². The van der Waals surface area contributed by atoms with Crippen LogP contribution in [0, 0.1) is 6.92 Å². The predicted octanol–water partition coefficient (Wildman–Crippen LogP) is 3.61. The van der Waals surface area contributed by atoms with Crippen LogP contribution in [0.25, 0.3) is 0 Å². The minimum absolute atomic E-state index is 0.0975. The van der Waals surface area contributed by atoms with Crippen molar-refractivity contribution in [3.05, 3.63) is 64.7 Å². The molecule has 5 nitrogen and oxygen atoms in total. The number of carbonyl (C=O) groups excluding carboxylic acids is 1. The number of hydrogen-bond acceptors (Lipinski definition) is 4. The Balaban J connectivity index is 1.65. The van der Waals surface area contributed by atoms with Crippen LogP contribution in [0.2, 0.25) is 5.02 Å². The van der Waals surface area contributed by atoms with E-state index in [4.69, 9.17) is 21.1 Å². The minimum atomic E-state index is -0.636. The molecule has 2 aromatic carbocycles. The number of nitrogens with zero attached hydrogens (tertiary/aromatic N) is 1. The van der Waals surface area contributed by atoms with Gasteiger partial charge in [-0.1, -0.05) is 53.6 Å². The van der Waals surface area contributed by atoms with Gasteiger partial charge >= 0.3 is 0 Å². The van der Waals surface area contributed by atoms with Crippen LogP contribution in [0.4, 0.5) is 0 Å². The minimum Gasteiger partial charge on any atom is -0.479 e. The molecule has 28 heavy (non-hydrogen) atoms. The number of amides is 1. The van der Waals surface area contributed by atoms with Crippen LogP contribution in [0.3, 0.4) is 0 Å². The van der Waals surface area contributed by atoms with Crippen molar-refractivity contribution in [2.45, 2.75) is 26.0 Å². The number of hydrogen-bond donors (Lipinski definition) is 1. The van der Waals surface area contributed by atoms with Gasteiger partial charge in [0, 0.05) is 19.6 Å². The van der Waals surface area contributed by atoms with Gasteiger partial charge < -0.3 is 14.8 Å². The summed E-state index contributed by atoms with van der Waals surface area (Å²) >= 11 is 6.12. The first-order valence-electron chi connectivity index (χ1n) is 9.62. The number of benzene rings is 2. The smallest absolute Gasteiger partial charge is 0.260 e. The second-order valence-corrected chi connectivity index (χ2v) is 7.42. The Morgan fingerprint density at radius 3 is 2.68 bits per heavy atom. The number of para-hydroxylation sites is 1. The van der Waals surface area contributed by atoms with E-state index < -0.39 is 6.10 Å². The van der Waals surface area contributed by atoms with Crippen LogP contribution in [0.5, 0.6) is 5.75 Å². The van der Waals surface area contributed by atoms with Crippen LogP contribution >= 0.6 is 11.6 Å². The summed E-state index contributed by atoms with van der Waals surface area (Å²) in [7, 11) is 0. The van der Waals surface area contributed by atoms with E-state index in [0.717, 1.165) is 13.1 Å². The average molecular weight is 403 g/mol. The maximum atomic E-state index is 12.6. The Bertz CT molecular complexity index is 793. The number of halogens is 1. The fourth-order valence-electron chi connectivity index (χ4n) is 3.35. The van der Waals surface area contributed by atoms with Crippen LogP contribution < -0.4 is 10.1 Å². The lowest BCUT2D eigenvalue weighted by atomic mass is 10.0. The highest BCUT2D eigenvalue weighted by molar-refractivity contribution is 6.32. The van der Waals surface area contributed by atoms with Crippen molar-refractivity contribution in [1.82, 2.24) is 10.2 Å². The Morgan fingerprint density at radius 2 is 1.96 bits per heavy atom. The number of carbonyl (C=O) groups is 1. The fraction of sp³-hybridized carbons (Fsp3) is 0.409. The molecule has 0 bridgehead atoms. The molecule has 0 radical (unpaired) electrons. The molecule has 0 aliphatic carbocycles. The van der Waals surface area contributed by atoms with Crippen molar-refractivity contribution in [3.63, 3.8) is 0 Å². The largest absolute Gasteiger partial charge is 0.479 e. The molecule has 0 spiro atoms. The van der Waals surface area contributed by atoms with E-state index >= 15 is 0 Å². The standard InChI is InChI=1S/C22H27ClN2O3/c1-16-6-5-7-18(14-16)20(25-10-12-27-13-11-25)15-24-22(26)17(2)28-21-9-4-3-8-19(21)23/h3-9,14,17,20H,10-13,15H2,1-2H3,(H,24,26). The first kappa shape index (κ1) is 20.6. The zero-order valence-corrected chi connectivity index (χ0v) is 17.1. The van der Waals surface area contributed by atoms with Crippen LogP contribution in [-0.4, -0.2) is 49.8 Å². The molecular formula is C22H27ClN2O3. The third-order valence-electron chi connectivity index (χ3n) is 4.89. The van der Waals surface area contributed by atoms with E-state index in [1.165, 1.54) is 11.1 Å². The maximum Gasteiger partial charge on any atom is 0.260 e. The number of aryl methyl sites for hydroxylation is 1. The summed E-state index contributed by atoms with van der Waals surface area (Å²) in [5, 5.41) is 3.54. The molecule has 1 N–H and O–H groups in total. The zero-order chi connectivity index (χ0) is 19.9. The molecule has 2 unspecified atom stereocenters. The molecule has 1 heterocycles.